The number of benzene rings is 2. The van der Waals surface area contributed by atoms with Gasteiger partial charge in [0.1, 0.15) is 5.04 Å². The molecule has 0 aromatic heterocycles. The molecule has 0 unspecified atom stereocenters. The molecule has 0 aliphatic carbocycles. The largest absolute Gasteiger partial charge is 0.311 e. The summed E-state index contributed by atoms with van der Waals surface area (Å²) in [7, 11) is 1.72. The molecule has 24 heavy (non-hydrogen) atoms. The van der Waals surface area contributed by atoms with E-state index in [0.717, 1.165) is 22.4 Å². The first-order chi connectivity index (χ1) is 11.6. The monoisotopic (exact) mass is 334 g/mol. The van der Waals surface area contributed by atoms with E-state index in [1.807, 2.05) is 55.5 Å². The Morgan fingerprint density at radius 3 is 2.46 bits per heavy atom. The summed E-state index contributed by atoms with van der Waals surface area (Å²) >= 11 is 1.28. The van der Waals surface area contributed by atoms with E-state index >= 15 is 0 Å². The molecule has 0 N–H and O–H groups in total. The lowest BCUT2D eigenvalue weighted by Crippen LogP contribution is -2.21. The number of thioether (sulfide) groups is 1. The van der Waals surface area contributed by atoms with Crippen molar-refractivity contribution in [3.63, 3.8) is 0 Å². The molecule has 0 saturated carbocycles. The zero-order valence-electron chi connectivity index (χ0n) is 13.2. The Labute approximate surface area is 143 Å². The number of aliphatic imine (C=N–C) groups is 1. The van der Waals surface area contributed by atoms with Crippen LogP contribution in [0.4, 0.5) is 5.69 Å². The molecular formula is C19H14N2O2S. The number of aryl methyl sites for hydroxylation is 1. The number of hydrogen-bond acceptors (Lipinski definition) is 3. The van der Waals surface area contributed by atoms with E-state index in [4.69, 9.17) is 0 Å². The van der Waals surface area contributed by atoms with Gasteiger partial charge in [-0.3, -0.25) is 9.59 Å². The summed E-state index contributed by atoms with van der Waals surface area (Å²) in [5, 5.41) is 0.641. The first kappa shape index (κ1) is 14.9. The topological polar surface area (TPSA) is 49.7 Å². The fourth-order valence-electron chi connectivity index (χ4n) is 2.87. The lowest BCUT2D eigenvalue weighted by molar-refractivity contribution is -0.115. The Morgan fingerprint density at radius 1 is 1.00 bits per heavy atom. The lowest BCUT2D eigenvalue weighted by atomic mass is 10.1. The molecule has 0 radical (unpaired) electrons. The molecule has 2 aliphatic heterocycles. The van der Waals surface area contributed by atoms with Crippen molar-refractivity contribution in [3.8, 4) is 0 Å². The van der Waals surface area contributed by atoms with Gasteiger partial charge in [-0.25, -0.2) is 4.99 Å². The van der Waals surface area contributed by atoms with Crippen LogP contribution in [0.25, 0.3) is 5.57 Å². The highest BCUT2D eigenvalue weighted by Crippen LogP contribution is 2.43. The first-order valence-electron chi connectivity index (χ1n) is 7.56. The third kappa shape index (κ3) is 2.20. The predicted molar refractivity (Wildman–Crippen MR) is 97.1 cm³/mol. The van der Waals surface area contributed by atoms with Crippen molar-refractivity contribution in [3.05, 3.63) is 70.1 Å². The lowest BCUT2D eigenvalue weighted by Gasteiger charge is -2.08. The van der Waals surface area contributed by atoms with Crippen molar-refractivity contribution in [1.29, 1.82) is 0 Å². The quantitative estimate of drug-likeness (QED) is 0.751. The minimum Gasteiger partial charge on any atom is -0.311 e. The minimum atomic E-state index is -0.343. The van der Waals surface area contributed by atoms with Gasteiger partial charge in [0, 0.05) is 18.2 Å². The average Bonchev–Trinajstić information content (AvgIpc) is 3.07. The molecule has 5 heteroatoms. The summed E-state index contributed by atoms with van der Waals surface area (Å²) in [6.45, 7) is 2.01. The van der Waals surface area contributed by atoms with Gasteiger partial charge < -0.3 is 4.90 Å². The van der Waals surface area contributed by atoms with Crippen molar-refractivity contribution >= 4 is 39.9 Å². The molecule has 0 fully saturated rings. The molecule has 0 bridgehead atoms. The van der Waals surface area contributed by atoms with Crippen molar-refractivity contribution in [1.82, 2.24) is 0 Å². The average molecular weight is 334 g/mol. The van der Waals surface area contributed by atoms with Crippen molar-refractivity contribution in [2.75, 3.05) is 11.9 Å². The third-order valence-electron chi connectivity index (χ3n) is 4.17. The molecule has 4 nitrogen and oxygen atoms in total. The molecule has 4 rings (SSSR count). The van der Waals surface area contributed by atoms with Crippen LogP contribution in [0, 0.1) is 6.92 Å². The zero-order valence-corrected chi connectivity index (χ0v) is 14.1. The third-order valence-corrected chi connectivity index (χ3v) is 5.28. The van der Waals surface area contributed by atoms with Crippen LogP contribution in [-0.2, 0) is 9.59 Å². The molecule has 2 heterocycles. The number of para-hydroxylation sites is 1. The zero-order chi connectivity index (χ0) is 16.8. The molecule has 2 aromatic carbocycles. The molecule has 0 atom stereocenters. The van der Waals surface area contributed by atoms with Gasteiger partial charge in [-0.2, -0.15) is 0 Å². The number of nitrogens with zero attached hydrogens (tertiary/aromatic N) is 2. The fraction of sp³-hybridized carbons (Fsp3) is 0.105. The number of fused-ring (bicyclic) bond motifs is 1. The number of likely N-dealkylation sites (N-methyl/N-ethyl adjacent to an activating group) is 1. The number of rotatable bonds is 1. The number of anilines is 1. The van der Waals surface area contributed by atoms with Crippen molar-refractivity contribution in [2.24, 2.45) is 4.99 Å². The van der Waals surface area contributed by atoms with E-state index in [2.05, 4.69) is 4.99 Å². The van der Waals surface area contributed by atoms with Gasteiger partial charge in [0.2, 0.25) is 0 Å². The van der Waals surface area contributed by atoms with Crippen LogP contribution in [0.2, 0.25) is 0 Å². The standard InChI is InChI=1S/C19H14N2O2S/c1-11-7-9-12(10-8-11)18-20-17(22)16(24-18)15-13-5-3-4-6-14(13)21(2)19(15)23/h3-10H,1-2H3. The SMILES string of the molecule is Cc1ccc(C2=NC(=O)C(=C3C(=O)N(C)c4ccccc43)S2)cc1. The van der Waals surface area contributed by atoms with Crippen LogP contribution >= 0.6 is 11.8 Å². The Kier molecular flexibility index (Phi) is 3.39. The normalized spacial score (nSPS) is 19.8. The van der Waals surface area contributed by atoms with Gasteiger partial charge in [0.25, 0.3) is 11.8 Å². The molecule has 2 amide bonds. The van der Waals surface area contributed by atoms with E-state index in [1.54, 1.807) is 11.9 Å². The van der Waals surface area contributed by atoms with Gasteiger partial charge in [0.15, 0.2) is 0 Å². The Hall–Kier alpha value is -2.66. The molecule has 2 aromatic rings. The number of amides is 2. The second-order valence-electron chi connectivity index (χ2n) is 5.78. The predicted octanol–water partition coefficient (Wildman–Crippen LogP) is 3.40. The maximum atomic E-state index is 12.6. The van der Waals surface area contributed by atoms with E-state index in [9.17, 15) is 9.59 Å². The summed E-state index contributed by atoms with van der Waals surface area (Å²) in [4.78, 5) is 31.2. The highest BCUT2D eigenvalue weighted by molar-refractivity contribution is 8.19. The number of carbonyl (C=O) groups excluding carboxylic acids is 2. The van der Waals surface area contributed by atoms with Crippen LogP contribution < -0.4 is 4.90 Å². The van der Waals surface area contributed by atoms with Gasteiger partial charge >= 0.3 is 0 Å². The van der Waals surface area contributed by atoms with Crippen LogP contribution in [0.15, 0.2) is 58.4 Å². The van der Waals surface area contributed by atoms with Gasteiger partial charge in [-0.1, -0.05) is 59.8 Å². The highest BCUT2D eigenvalue weighted by atomic mass is 32.2. The van der Waals surface area contributed by atoms with Gasteiger partial charge in [-0.05, 0) is 13.0 Å². The molecule has 118 valence electrons. The van der Waals surface area contributed by atoms with Crippen LogP contribution in [0.5, 0.6) is 0 Å². The van der Waals surface area contributed by atoms with Crippen LogP contribution in [0.1, 0.15) is 16.7 Å². The summed E-state index contributed by atoms with van der Waals surface area (Å²) in [5.41, 5.74) is 4.10. The number of carbonyl (C=O) groups is 2. The Balaban J connectivity index is 1.79. The minimum absolute atomic E-state index is 0.160. The van der Waals surface area contributed by atoms with Gasteiger partial charge in [-0.15, -0.1) is 0 Å². The Bertz CT molecular complexity index is 942. The second kappa shape index (κ2) is 5.46. The summed E-state index contributed by atoms with van der Waals surface area (Å²) in [5.74, 6) is -0.503. The molecular weight excluding hydrogens is 320 g/mol. The molecule has 2 aliphatic rings. The van der Waals surface area contributed by atoms with Gasteiger partial charge in [0.05, 0.1) is 16.2 Å². The fourth-order valence-corrected chi connectivity index (χ4v) is 3.88. The van der Waals surface area contributed by atoms with Crippen molar-refractivity contribution < 1.29 is 9.59 Å². The van der Waals surface area contributed by atoms with E-state index in [1.165, 1.54) is 11.8 Å². The number of hydrogen-bond donors (Lipinski definition) is 0. The maximum absolute atomic E-state index is 12.6. The van der Waals surface area contributed by atoms with E-state index in [0.29, 0.717) is 15.5 Å². The van der Waals surface area contributed by atoms with E-state index < -0.39 is 0 Å². The summed E-state index contributed by atoms with van der Waals surface area (Å²) < 4.78 is 0. The van der Waals surface area contributed by atoms with E-state index in [-0.39, 0.29) is 11.8 Å². The smallest absolute Gasteiger partial charge is 0.285 e. The first-order valence-corrected chi connectivity index (χ1v) is 8.37. The Morgan fingerprint density at radius 2 is 1.71 bits per heavy atom. The van der Waals surface area contributed by atoms with Crippen molar-refractivity contribution in [2.45, 2.75) is 6.92 Å². The summed E-state index contributed by atoms with van der Waals surface area (Å²) in [6, 6.07) is 15.4. The molecule has 0 saturated heterocycles. The summed E-state index contributed by atoms with van der Waals surface area (Å²) in [6.07, 6.45) is 0. The molecule has 0 spiro atoms. The second-order valence-corrected chi connectivity index (χ2v) is 6.77. The van der Waals surface area contributed by atoms with Crippen LogP contribution in [-0.4, -0.2) is 23.9 Å². The maximum Gasteiger partial charge on any atom is 0.285 e. The van der Waals surface area contributed by atoms with Crippen LogP contribution in [0.3, 0.4) is 0 Å². The highest BCUT2D eigenvalue weighted by Gasteiger charge is 2.37.